The van der Waals surface area contributed by atoms with Crippen LogP contribution < -0.4 is 4.72 Å². The molecule has 7 heteroatoms. The third-order valence-electron chi connectivity index (χ3n) is 4.27. The molecule has 1 aromatic carbocycles. The van der Waals surface area contributed by atoms with Crippen molar-refractivity contribution in [3.8, 4) is 0 Å². The Balaban J connectivity index is 2.28. The fourth-order valence-electron chi connectivity index (χ4n) is 2.42. The summed E-state index contributed by atoms with van der Waals surface area (Å²) in [5.74, 6) is 0.420. The Morgan fingerprint density at radius 2 is 1.78 bits per heavy atom. The number of rotatable bonds is 4. The number of sulfonamides is 1. The monoisotopic (exact) mass is 337 g/mol. The molecule has 0 radical (unpaired) electrons. The smallest absolute Gasteiger partial charge is 0.263 e. The lowest BCUT2D eigenvalue weighted by Gasteiger charge is -2.29. The molecule has 2 rings (SSSR count). The average molecular weight is 337 g/mol. The highest BCUT2D eigenvalue weighted by molar-refractivity contribution is 7.90. The van der Waals surface area contributed by atoms with Crippen LogP contribution in [-0.4, -0.2) is 44.2 Å². The fraction of sp³-hybridized carbons (Fsp3) is 0.500. The predicted molar refractivity (Wildman–Crippen MR) is 89.8 cm³/mol. The first-order valence-corrected chi connectivity index (χ1v) is 9.10. The molecule has 1 N–H and O–H groups in total. The third kappa shape index (κ3) is 3.39. The number of hydrogen-bond acceptors (Lipinski definition) is 4. The summed E-state index contributed by atoms with van der Waals surface area (Å²) in [6.45, 7) is 7.75. The number of carbonyl (C=O) groups excluding carboxylic acids is 1. The van der Waals surface area contributed by atoms with Gasteiger partial charge < -0.3 is 4.90 Å². The molecule has 2 atom stereocenters. The number of likely N-dealkylation sites (N-methyl/N-ethyl adjacent to an activating group) is 1. The van der Waals surface area contributed by atoms with Gasteiger partial charge in [-0.2, -0.15) is 0 Å². The number of hydrogen-bond donors (Lipinski definition) is 1. The summed E-state index contributed by atoms with van der Waals surface area (Å²) in [5, 5.41) is 0. The van der Waals surface area contributed by atoms with Gasteiger partial charge in [-0.3, -0.25) is 14.5 Å². The standard InChI is InChI=1S/C16H23N3O3S/c1-10(2)12(4)19(5)16(20)11(3)17-15-13-8-6-7-9-14(13)23(21,22)18-15/h6-12H,1-5H3,(H,17,18). The Bertz CT molecular complexity index is 741. The topological polar surface area (TPSA) is 78.8 Å². The highest BCUT2D eigenvalue weighted by Gasteiger charge is 2.32. The first kappa shape index (κ1) is 17.5. The van der Waals surface area contributed by atoms with E-state index in [0.717, 1.165) is 0 Å². The zero-order valence-electron chi connectivity index (χ0n) is 14.1. The van der Waals surface area contributed by atoms with Crippen LogP contribution >= 0.6 is 0 Å². The molecule has 23 heavy (non-hydrogen) atoms. The van der Waals surface area contributed by atoms with E-state index >= 15 is 0 Å². The van der Waals surface area contributed by atoms with Gasteiger partial charge >= 0.3 is 0 Å². The molecule has 0 bridgehead atoms. The second-order valence-electron chi connectivity index (χ2n) is 6.19. The molecule has 0 saturated carbocycles. The van der Waals surface area contributed by atoms with Crippen molar-refractivity contribution in [1.82, 2.24) is 9.62 Å². The van der Waals surface area contributed by atoms with Crippen molar-refractivity contribution < 1.29 is 13.2 Å². The van der Waals surface area contributed by atoms with E-state index in [1.54, 1.807) is 37.1 Å². The molecule has 0 aromatic heterocycles. The second kappa shape index (κ2) is 6.31. The van der Waals surface area contributed by atoms with E-state index < -0.39 is 16.1 Å². The van der Waals surface area contributed by atoms with Crippen LogP contribution in [0.2, 0.25) is 0 Å². The molecule has 0 aliphatic carbocycles. The van der Waals surface area contributed by atoms with E-state index in [4.69, 9.17) is 0 Å². The maximum absolute atomic E-state index is 12.5. The second-order valence-corrected chi connectivity index (χ2v) is 7.84. The first-order chi connectivity index (χ1) is 10.6. The Morgan fingerprint density at radius 1 is 1.17 bits per heavy atom. The molecular weight excluding hydrogens is 314 g/mol. The molecule has 6 nitrogen and oxygen atoms in total. The summed E-state index contributed by atoms with van der Waals surface area (Å²) in [7, 11) is -1.84. The van der Waals surface area contributed by atoms with Crippen molar-refractivity contribution in [3.63, 3.8) is 0 Å². The van der Waals surface area contributed by atoms with E-state index in [1.807, 2.05) is 20.8 Å². The summed E-state index contributed by atoms with van der Waals surface area (Å²) < 4.78 is 26.5. The van der Waals surface area contributed by atoms with Gasteiger partial charge in [-0.05, 0) is 31.9 Å². The average Bonchev–Trinajstić information content (AvgIpc) is 2.76. The highest BCUT2D eigenvalue weighted by Crippen LogP contribution is 2.22. The van der Waals surface area contributed by atoms with Gasteiger partial charge in [-0.25, -0.2) is 8.42 Å². The number of carbonyl (C=O) groups is 1. The molecule has 126 valence electrons. The summed E-state index contributed by atoms with van der Waals surface area (Å²) >= 11 is 0. The van der Waals surface area contributed by atoms with Crippen molar-refractivity contribution in [2.75, 3.05) is 7.05 Å². The van der Waals surface area contributed by atoms with Crippen molar-refractivity contribution >= 4 is 21.8 Å². The van der Waals surface area contributed by atoms with Crippen LogP contribution in [0.15, 0.2) is 34.2 Å². The summed E-state index contributed by atoms with van der Waals surface area (Å²) in [5.41, 5.74) is 0.506. The molecule has 0 saturated heterocycles. The Hall–Kier alpha value is -1.89. The third-order valence-corrected chi connectivity index (χ3v) is 5.66. The lowest BCUT2D eigenvalue weighted by molar-refractivity contribution is -0.133. The number of amides is 1. The lowest BCUT2D eigenvalue weighted by atomic mass is 10.0. The normalized spacial score (nSPS) is 20.0. The minimum absolute atomic E-state index is 0.0812. The molecule has 1 aliphatic heterocycles. The zero-order valence-corrected chi connectivity index (χ0v) is 14.9. The summed E-state index contributed by atoms with van der Waals surface area (Å²) in [6.07, 6.45) is 0. The van der Waals surface area contributed by atoms with E-state index in [2.05, 4.69) is 9.71 Å². The Morgan fingerprint density at radius 3 is 2.39 bits per heavy atom. The van der Waals surface area contributed by atoms with E-state index in [-0.39, 0.29) is 22.7 Å². The number of nitrogens with one attached hydrogen (secondary N) is 1. The maximum Gasteiger partial charge on any atom is 0.263 e. The zero-order chi connectivity index (χ0) is 17.4. The van der Waals surface area contributed by atoms with Gasteiger partial charge in [-0.15, -0.1) is 0 Å². The van der Waals surface area contributed by atoms with Crippen LogP contribution in [0.4, 0.5) is 0 Å². The molecule has 2 unspecified atom stereocenters. The van der Waals surface area contributed by atoms with Gasteiger partial charge in [0.1, 0.15) is 11.9 Å². The number of nitrogens with zero attached hydrogens (tertiary/aromatic N) is 2. The van der Waals surface area contributed by atoms with E-state index in [0.29, 0.717) is 11.5 Å². The number of fused-ring (bicyclic) bond motifs is 1. The van der Waals surface area contributed by atoms with Crippen LogP contribution in [0.25, 0.3) is 0 Å². The molecule has 1 amide bonds. The predicted octanol–water partition coefficient (Wildman–Crippen LogP) is 1.62. The van der Waals surface area contributed by atoms with Gasteiger partial charge in [0.2, 0.25) is 5.91 Å². The Labute approximate surface area is 137 Å². The molecule has 0 fully saturated rings. The quantitative estimate of drug-likeness (QED) is 0.907. The van der Waals surface area contributed by atoms with Gasteiger partial charge in [0, 0.05) is 18.7 Å². The van der Waals surface area contributed by atoms with Crippen molar-refractivity contribution in [2.24, 2.45) is 10.9 Å². The van der Waals surface area contributed by atoms with Crippen LogP contribution in [0.1, 0.15) is 33.3 Å². The number of benzene rings is 1. The van der Waals surface area contributed by atoms with Crippen molar-refractivity contribution in [3.05, 3.63) is 29.8 Å². The fourth-order valence-corrected chi connectivity index (χ4v) is 3.66. The highest BCUT2D eigenvalue weighted by atomic mass is 32.2. The van der Waals surface area contributed by atoms with Gasteiger partial charge in [0.15, 0.2) is 0 Å². The molecule has 1 heterocycles. The number of aliphatic imine (C=N–C) groups is 1. The summed E-state index contributed by atoms with van der Waals surface area (Å²) in [4.78, 5) is 18.7. The van der Waals surface area contributed by atoms with Crippen molar-refractivity contribution in [1.29, 1.82) is 0 Å². The van der Waals surface area contributed by atoms with Crippen LogP contribution in [-0.2, 0) is 14.8 Å². The minimum atomic E-state index is -3.58. The SMILES string of the molecule is CC(N=C1NS(=O)(=O)c2ccccc21)C(=O)N(C)C(C)C(C)C. The van der Waals surface area contributed by atoms with Crippen LogP contribution in [0.3, 0.4) is 0 Å². The Kier molecular flexibility index (Phi) is 4.79. The largest absolute Gasteiger partial charge is 0.341 e. The lowest BCUT2D eigenvalue weighted by Crippen LogP contribution is -2.43. The number of amidine groups is 1. The molecular formula is C16H23N3O3S. The molecule has 0 spiro atoms. The van der Waals surface area contributed by atoms with Gasteiger partial charge in [-0.1, -0.05) is 26.0 Å². The molecule has 1 aromatic rings. The van der Waals surface area contributed by atoms with E-state index in [9.17, 15) is 13.2 Å². The minimum Gasteiger partial charge on any atom is -0.341 e. The first-order valence-electron chi connectivity index (χ1n) is 7.62. The van der Waals surface area contributed by atoms with Crippen LogP contribution in [0, 0.1) is 5.92 Å². The maximum atomic E-state index is 12.5. The van der Waals surface area contributed by atoms with Gasteiger partial charge in [0.05, 0.1) is 4.90 Å². The van der Waals surface area contributed by atoms with Crippen molar-refractivity contribution in [2.45, 2.75) is 44.7 Å². The summed E-state index contributed by atoms with van der Waals surface area (Å²) in [6, 6.07) is 6.04. The van der Waals surface area contributed by atoms with Gasteiger partial charge in [0.25, 0.3) is 10.0 Å². The van der Waals surface area contributed by atoms with Crippen LogP contribution in [0.5, 0.6) is 0 Å². The van der Waals surface area contributed by atoms with E-state index in [1.165, 1.54) is 6.07 Å². The molecule has 1 aliphatic rings.